The van der Waals surface area contributed by atoms with E-state index in [9.17, 15) is 19.2 Å². The molecule has 3 amide bonds. The van der Waals surface area contributed by atoms with E-state index in [2.05, 4.69) is 16.0 Å². The zero-order valence-corrected chi connectivity index (χ0v) is 15.6. The Labute approximate surface area is 151 Å². The lowest BCUT2D eigenvalue weighted by atomic mass is 10.1. The first-order valence-corrected chi connectivity index (χ1v) is 9.47. The van der Waals surface area contributed by atoms with Gasteiger partial charge in [0.25, 0.3) is 0 Å². The number of carbonyl (C=O) groups excluding carboxylic acids is 3. The van der Waals surface area contributed by atoms with E-state index in [0.29, 0.717) is 18.7 Å². The van der Waals surface area contributed by atoms with E-state index < -0.39 is 42.3 Å². The van der Waals surface area contributed by atoms with Gasteiger partial charge in [-0.25, -0.2) is 0 Å². The van der Waals surface area contributed by atoms with E-state index in [-0.39, 0.29) is 5.91 Å². The minimum atomic E-state index is -1.30. The fourth-order valence-electron chi connectivity index (χ4n) is 1.82. The van der Waals surface area contributed by atoms with Crippen molar-refractivity contribution in [1.29, 1.82) is 0 Å². The number of hydrogen-bond acceptors (Lipinski definition) is 6. The lowest BCUT2D eigenvalue weighted by Crippen LogP contribution is -2.55. The van der Waals surface area contributed by atoms with Crippen LogP contribution in [0, 0.1) is 0 Å². The molecule has 0 aromatic rings. The summed E-state index contributed by atoms with van der Waals surface area (Å²) in [4.78, 5) is 47.0. The molecule has 0 unspecified atom stereocenters. The highest BCUT2D eigenvalue weighted by atomic mass is 32.2. The summed E-state index contributed by atoms with van der Waals surface area (Å²) < 4.78 is 0. The van der Waals surface area contributed by atoms with Crippen molar-refractivity contribution in [2.75, 3.05) is 18.6 Å². The third-order valence-electron chi connectivity index (χ3n) is 3.28. The standard InChI is InChI=1S/C15H28N4O5S/c1-4-6-17-13(22)9(2)18-15(24)11(8-12(20)21)19-14(23)10(16)5-7-25-3/h9-11H,4-8,16H2,1-3H3,(H,17,22)(H,18,24)(H,19,23)(H,20,21)/t9-,10+,11+/m1/s1. The molecule has 0 saturated heterocycles. The van der Waals surface area contributed by atoms with Crippen molar-refractivity contribution in [3.05, 3.63) is 0 Å². The van der Waals surface area contributed by atoms with Gasteiger partial charge in [0.2, 0.25) is 17.7 Å². The summed E-state index contributed by atoms with van der Waals surface area (Å²) in [6.45, 7) is 3.84. The van der Waals surface area contributed by atoms with E-state index in [1.165, 1.54) is 18.7 Å². The first-order chi connectivity index (χ1) is 11.7. The highest BCUT2D eigenvalue weighted by Gasteiger charge is 2.28. The topological polar surface area (TPSA) is 151 Å². The van der Waals surface area contributed by atoms with E-state index in [1.807, 2.05) is 13.2 Å². The van der Waals surface area contributed by atoms with Crippen LogP contribution in [0.25, 0.3) is 0 Å². The van der Waals surface area contributed by atoms with E-state index in [4.69, 9.17) is 10.8 Å². The lowest BCUT2D eigenvalue weighted by molar-refractivity contribution is -0.141. The number of rotatable bonds is 12. The maximum absolute atomic E-state index is 12.2. The fourth-order valence-corrected chi connectivity index (χ4v) is 2.31. The first kappa shape index (κ1) is 23.2. The molecule has 0 aromatic heterocycles. The number of carbonyl (C=O) groups is 4. The maximum Gasteiger partial charge on any atom is 0.305 e. The van der Waals surface area contributed by atoms with E-state index >= 15 is 0 Å². The summed E-state index contributed by atoms with van der Waals surface area (Å²) >= 11 is 1.52. The number of carboxylic acids is 1. The monoisotopic (exact) mass is 376 g/mol. The van der Waals surface area contributed by atoms with Crippen LogP contribution in [-0.2, 0) is 19.2 Å². The molecular formula is C15H28N4O5S. The van der Waals surface area contributed by atoms with Crippen LogP contribution in [0.3, 0.4) is 0 Å². The number of nitrogens with two attached hydrogens (primary N) is 1. The van der Waals surface area contributed by atoms with Crippen molar-refractivity contribution in [3.8, 4) is 0 Å². The number of carboxylic acid groups (broad SMARTS) is 1. The first-order valence-electron chi connectivity index (χ1n) is 8.07. The number of nitrogens with one attached hydrogen (secondary N) is 3. The van der Waals surface area contributed by atoms with Crippen molar-refractivity contribution in [3.63, 3.8) is 0 Å². The van der Waals surface area contributed by atoms with Gasteiger partial charge in [-0.05, 0) is 31.8 Å². The molecule has 9 nitrogen and oxygen atoms in total. The molecule has 0 heterocycles. The van der Waals surface area contributed by atoms with Crippen LogP contribution in [0.2, 0.25) is 0 Å². The number of amides is 3. The number of hydrogen-bond donors (Lipinski definition) is 5. The highest BCUT2D eigenvalue weighted by Crippen LogP contribution is 2.01. The average molecular weight is 376 g/mol. The number of aliphatic carboxylic acids is 1. The Balaban J connectivity index is 4.78. The second kappa shape index (κ2) is 12.5. The molecule has 25 heavy (non-hydrogen) atoms. The normalized spacial score (nSPS) is 14.1. The Morgan fingerprint density at radius 3 is 2.28 bits per heavy atom. The molecule has 0 aliphatic heterocycles. The van der Waals surface area contributed by atoms with Crippen LogP contribution in [0.4, 0.5) is 0 Å². The van der Waals surface area contributed by atoms with Gasteiger partial charge in [-0.1, -0.05) is 6.92 Å². The highest BCUT2D eigenvalue weighted by molar-refractivity contribution is 7.98. The van der Waals surface area contributed by atoms with Gasteiger partial charge >= 0.3 is 5.97 Å². The molecule has 6 N–H and O–H groups in total. The van der Waals surface area contributed by atoms with Crippen LogP contribution in [0.15, 0.2) is 0 Å². The smallest absolute Gasteiger partial charge is 0.305 e. The zero-order chi connectivity index (χ0) is 19.4. The quantitative estimate of drug-likeness (QED) is 0.295. The van der Waals surface area contributed by atoms with Crippen LogP contribution in [0.1, 0.15) is 33.1 Å². The van der Waals surface area contributed by atoms with Gasteiger partial charge in [-0.2, -0.15) is 11.8 Å². The van der Waals surface area contributed by atoms with Gasteiger partial charge in [-0.3, -0.25) is 19.2 Å². The third-order valence-corrected chi connectivity index (χ3v) is 3.93. The SMILES string of the molecule is CCCNC(=O)[C@@H](C)NC(=O)[C@H](CC(=O)O)NC(=O)[C@@H](N)CCSC. The van der Waals surface area contributed by atoms with Crippen LogP contribution in [-0.4, -0.2) is 65.5 Å². The van der Waals surface area contributed by atoms with Gasteiger partial charge in [0, 0.05) is 6.54 Å². The minimum absolute atomic E-state index is 0.382. The van der Waals surface area contributed by atoms with Crippen molar-refractivity contribution in [2.24, 2.45) is 5.73 Å². The predicted octanol–water partition coefficient (Wildman–Crippen LogP) is -0.943. The molecule has 0 aliphatic rings. The second-order valence-corrected chi connectivity index (χ2v) is 6.55. The molecular weight excluding hydrogens is 348 g/mol. The molecule has 0 saturated carbocycles. The van der Waals surface area contributed by atoms with Gasteiger partial charge in [0.15, 0.2) is 0 Å². The Hall–Kier alpha value is -1.81. The van der Waals surface area contributed by atoms with Gasteiger partial charge in [-0.15, -0.1) is 0 Å². The van der Waals surface area contributed by atoms with Gasteiger partial charge < -0.3 is 26.8 Å². The summed E-state index contributed by atoms with van der Waals surface area (Å²) in [5.74, 6) is -2.31. The van der Waals surface area contributed by atoms with Crippen molar-refractivity contribution < 1.29 is 24.3 Å². The summed E-state index contributed by atoms with van der Waals surface area (Å²) in [5.41, 5.74) is 5.72. The van der Waals surface area contributed by atoms with Crippen molar-refractivity contribution in [2.45, 2.75) is 51.2 Å². The Morgan fingerprint density at radius 2 is 1.76 bits per heavy atom. The van der Waals surface area contributed by atoms with Crippen LogP contribution < -0.4 is 21.7 Å². The molecule has 0 spiro atoms. The minimum Gasteiger partial charge on any atom is -0.481 e. The molecule has 0 fully saturated rings. The molecule has 3 atom stereocenters. The Kier molecular flexibility index (Phi) is 11.6. The Bertz CT molecular complexity index is 475. The zero-order valence-electron chi connectivity index (χ0n) is 14.8. The molecule has 0 bridgehead atoms. The molecule has 0 rings (SSSR count). The van der Waals surface area contributed by atoms with Gasteiger partial charge in [0.1, 0.15) is 12.1 Å². The molecule has 144 valence electrons. The molecule has 0 aromatic carbocycles. The largest absolute Gasteiger partial charge is 0.481 e. The molecule has 0 radical (unpaired) electrons. The molecule has 0 aliphatic carbocycles. The van der Waals surface area contributed by atoms with Crippen LogP contribution in [0.5, 0.6) is 0 Å². The third kappa shape index (κ3) is 9.92. The predicted molar refractivity (Wildman–Crippen MR) is 96.1 cm³/mol. The lowest BCUT2D eigenvalue weighted by Gasteiger charge is -2.21. The van der Waals surface area contributed by atoms with Gasteiger partial charge in [0.05, 0.1) is 12.5 Å². The summed E-state index contributed by atoms with van der Waals surface area (Å²) in [6, 6.07) is -2.98. The fraction of sp³-hybridized carbons (Fsp3) is 0.733. The van der Waals surface area contributed by atoms with Crippen molar-refractivity contribution >= 4 is 35.5 Å². The van der Waals surface area contributed by atoms with Crippen molar-refractivity contribution in [1.82, 2.24) is 16.0 Å². The maximum atomic E-state index is 12.2. The van der Waals surface area contributed by atoms with E-state index in [1.54, 1.807) is 0 Å². The molecule has 10 heteroatoms. The van der Waals surface area contributed by atoms with E-state index in [0.717, 1.165) is 6.42 Å². The summed E-state index contributed by atoms with van der Waals surface area (Å²) in [5, 5.41) is 16.3. The summed E-state index contributed by atoms with van der Waals surface area (Å²) in [7, 11) is 0. The summed E-state index contributed by atoms with van der Waals surface area (Å²) in [6.07, 6.45) is 2.43. The van der Waals surface area contributed by atoms with Crippen LogP contribution >= 0.6 is 11.8 Å². The second-order valence-electron chi connectivity index (χ2n) is 5.57. The average Bonchev–Trinajstić information content (AvgIpc) is 2.55. The Morgan fingerprint density at radius 1 is 1.12 bits per heavy atom. The number of thioether (sulfide) groups is 1.